The van der Waals surface area contributed by atoms with E-state index in [0.717, 1.165) is 12.1 Å². The third-order valence-electron chi connectivity index (χ3n) is 4.97. The normalized spacial score (nSPS) is 13.9. The van der Waals surface area contributed by atoms with Crippen LogP contribution in [0.25, 0.3) is 0 Å². The summed E-state index contributed by atoms with van der Waals surface area (Å²) < 4.78 is 44.6. The lowest BCUT2D eigenvalue weighted by molar-refractivity contribution is -0.137. The molecular formula is C24H12Cl3F3N2O4. The minimum atomic E-state index is -4.72. The Labute approximate surface area is 216 Å². The Morgan fingerprint density at radius 1 is 0.861 bits per heavy atom. The number of para-hydroxylation sites is 1. The van der Waals surface area contributed by atoms with Gasteiger partial charge in [0.05, 0.1) is 26.9 Å². The van der Waals surface area contributed by atoms with Gasteiger partial charge in [0.15, 0.2) is 0 Å². The molecule has 12 heteroatoms. The SMILES string of the molecule is O=C(Oc1ccccc1Cl)c1ccc(NC2=C(Cl)C(=O)N(c3cc(C(F)(F)F)ccc3Cl)C2=O)cc1. The number of nitrogens with one attached hydrogen (secondary N) is 1. The predicted octanol–water partition coefficient (Wildman–Crippen LogP) is 6.67. The first-order chi connectivity index (χ1) is 17.0. The van der Waals surface area contributed by atoms with Crippen molar-refractivity contribution in [3.05, 3.63) is 98.6 Å². The number of carbonyl (C=O) groups is 3. The van der Waals surface area contributed by atoms with Crippen LogP contribution in [0.4, 0.5) is 24.5 Å². The number of imide groups is 1. The molecule has 0 bridgehead atoms. The zero-order chi connectivity index (χ0) is 26.2. The minimum Gasteiger partial charge on any atom is -0.421 e. The van der Waals surface area contributed by atoms with Gasteiger partial charge in [-0.3, -0.25) is 9.59 Å². The molecule has 1 aliphatic heterocycles. The van der Waals surface area contributed by atoms with Crippen molar-refractivity contribution in [2.75, 3.05) is 10.2 Å². The van der Waals surface area contributed by atoms with E-state index >= 15 is 0 Å². The van der Waals surface area contributed by atoms with Crippen molar-refractivity contribution in [3.8, 4) is 5.75 Å². The first-order valence-electron chi connectivity index (χ1n) is 9.96. The Balaban J connectivity index is 1.53. The van der Waals surface area contributed by atoms with E-state index in [1.54, 1.807) is 18.2 Å². The summed E-state index contributed by atoms with van der Waals surface area (Å²) in [6.07, 6.45) is -4.72. The second-order valence-electron chi connectivity index (χ2n) is 7.32. The number of hydrogen-bond donors (Lipinski definition) is 1. The number of alkyl halides is 3. The maximum absolute atomic E-state index is 13.1. The second-order valence-corrected chi connectivity index (χ2v) is 8.51. The predicted molar refractivity (Wildman–Crippen MR) is 128 cm³/mol. The molecule has 3 aromatic rings. The molecule has 184 valence electrons. The molecule has 0 atom stereocenters. The molecule has 0 radical (unpaired) electrons. The van der Waals surface area contributed by atoms with Crippen molar-refractivity contribution in [2.45, 2.75) is 6.18 Å². The number of hydrogen-bond acceptors (Lipinski definition) is 5. The van der Waals surface area contributed by atoms with E-state index in [1.165, 1.54) is 30.3 Å². The molecule has 2 amide bonds. The summed E-state index contributed by atoms with van der Waals surface area (Å²) in [7, 11) is 0. The highest BCUT2D eigenvalue weighted by atomic mass is 35.5. The summed E-state index contributed by atoms with van der Waals surface area (Å²) in [5, 5.41) is 2.11. The van der Waals surface area contributed by atoms with E-state index in [1.807, 2.05) is 0 Å². The van der Waals surface area contributed by atoms with Crippen LogP contribution in [-0.4, -0.2) is 17.8 Å². The molecule has 36 heavy (non-hydrogen) atoms. The van der Waals surface area contributed by atoms with Gasteiger partial charge in [0, 0.05) is 5.69 Å². The van der Waals surface area contributed by atoms with Crippen LogP contribution < -0.4 is 15.0 Å². The third-order valence-corrected chi connectivity index (χ3v) is 5.95. The van der Waals surface area contributed by atoms with E-state index in [0.29, 0.717) is 11.0 Å². The van der Waals surface area contributed by atoms with Gasteiger partial charge in [-0.15, -0.1) is 0 Å². The van der Waals surface area contributed by atoms with Crippen molar-refractivity contribution >= 4 is 64.0 Å². The van der Waals surface area contributed by atoms with Gasteiger partial charge in [-0.1, -0.05) is 46.9 Å². The number of nitrogens with zero attached hydrogens (tertiary/aromatic N) is 1. The van der Waals surface area contributed by atoms with Gasteiger partial charge >= 0.3 is 12.1 Å². The Morgan fingerprint density at radius 2 is 1.53 bits per heavy atom. The van der Waals surface area contributed by atoms with Crippen molar-refractivity contribution in [2.24, 2.45) is 0 Å². The van der Waals surface area contributed by atoms with Crippen LogP contribution in [0.3, 0.4) is 0 Å². The molecule has 1 N–H and O–H groups in total. The monoisotopic (exact) mass is 554 g/mol. The first-order valence-corrected chi connectivity index (χ1v) is 11.1. The highest BCUT2D eigenvalue weighted by Gasteiger charge is 2.41. The number of rotatable bonds is 5. The van der Waals surface area contributed by atoms with Gasteiger partial charge < -0.3 is 10.1 Å². The molecule has 1 aliphatic rings. The number of ether oxygens (including phenoxy) is 1. The van der Waals surface area contributed by atoms with E-state index in [2.05, 4.69) is 5.32 Å². The van der Waals surface area contributed by atoms with Crippen molar-refractivity contribution in [1.82, 2.24) is 0 Å². The molecule has 0 aromatic heterocycles. The van der Waals surface area contributed by atoms with E-state index in [9.17, 15) is 27.6 Å². The fraction of sp³-hybridized carbons (Fsp3) is 0.0417. The number of halogens is 6. The maximum atomic E-state index is 13.1. The highest BCUT2D eigenvalue weighted by molar-refractivity contribution is 6.53. The van der Waals surface area contributed by atoms with E-state index < -0.39 is 40.2 Å². The molecule has 0 fully saturated rings. The molecule has 4 rings (SSSR count). The first kappa shape index (κ1) is 25.6. The van der Waals surface area contributed by atoms with Crippen LogP contribution in [0.15, 0.2) is 77.5 Å². The lowest BCUT2D eigenvalue weighted by Gasteiger charge is -2.18. The van der Waals surface area contributed by atoms with Gasteiger partial charge in [0.1, 0.15) is 16.5 Å². The molecule has 0 unspecified atom stereocenters. The van der Waals surface area contributed by atoms with E-state index in [-0.39, 0.29) is 32.7 Å². The van der Waals surface area contributed by atoms with Gasteiger partial charge in [-0.25, -0.2) is 9.69 Å². The standard InChI is InChI=1S/C24H12Cl3F3N2O4/c25-15-10-7-13(24(28,29)30)11-17(15)32-21(33)19(27)20(22(32)34)31-14-8-5-12(6-9-14)23(35)36-18-4-2-1-3-16(18)26/h1-11,31H. The molecule has 1 heterocycles. The summed E-state index contributed by atoms with van der Waals surface area (Å²) in [5.41, 5.74) is -1.52. The molecule has 6 nitrogen and oxygen atoms in total. The topological polar surface area (TPSA) is 75.7 Å². The fourth-order valence-corrected chi connectivity index (χ4v) is 3.80. The molecule has 3 aromatic carbocycles. The molecular weight excluding hydrogens is 544 g/mol. The molecule has 0 spiro atoms. The zero-order valence-corrected chi connectivity index (χ0v) is 20.0. The lowest BCUT2D eigenvalue weighted by atomic mass is 10.1. The Morgan fingerprint density at radius 3 is 2.17 bits per heavy atom. The summed E-state index contributed by atoms with van der Waals surface area (Å²) in [4.78, 5) is 38.4. The van der Waals surface area contributed by atoms with Gasteiger partial charge in [0.25, 0.3) is 11.8 Å². The number of esters is 1. The number of benzene rings is 3. The number of carbonyl (C=O) groups excluding carboxylic acids is 3. The summed E-state index contributed by atoms with van der Waals surface area (Å²) >= 11 is 18.0. The van der Waals surface area contributed by atoms with Crippen LogP contribution in [0.1, 0.15) is 15.9 Å². The average molecular weight is 556 g/mol. The molecule has 0 saturated carbocycles. The fourth-order valence-electron chi connectivity index (χ4n) is 3.21. The summed E-state index contributed by atoms with van der Waals surface area (Å²) in [6.45, 7) is 0. The minimum absolute atomic E-state index is 0.159. The quantitative estimate of drug-likeness (QED) is 0.216. The Hall–Kier alpha value is -3.53. The summed E-state index contributed by atoms with van der Waals surface area (Å²) in [5.74, 6) is -2.57. The maximum Gasteiger partial charge on any atom is 0.416 e. The highest BCUT2D eigenvalue weighted by Crippen LogP contribution is 2.39. The summed E-state index contributed by atoms with van der Waals surface area (Å²) in [6, 6.07) is 14.3. The lowest BCUT2D eigenvalue weighted by Crippen LogP contribution is -2.32. The van der Waals surface area contributed by atoms with Gasteiger partial charge in [0.2, 0.25) is 0 Å². The van der Waals surface area contributed by atoms with Crippen LogP contribution in [0, 0.1) is 0 Å². The average Bonchev–Trinajstić information content (AvgIpc) is 3.03. The third kappa shape index (κ3) is 5.04. The Kier molecular flexibility index (Phi) is 6.99. The Bertz CT molecular complexity index is 1420. The van der Waals surface area contributed by atoms with Crippen LogP contribution in [-0.2, 0) is 15.8 Å². The second kappa shape index (κ2) is 9.85. The molecule has 0 aliphatic carbocycles. The number of amides is 2. The van der Waals surface area contributed by atoms with Crippen LogP contribution >= 0.6 is 34.8 Å². The van der Waals surface area contributed by atoms with Crippen LogP contribution in [0.5, 0.6) is 5.75 Å². The van der Waals surface area contributed by atoms with Crippen molar-refractivity contribution in [1.29, 1.82) is 0 Å². The van der Waals surface area contributed by atoms with Gasteiger partial charge in [-0.05, 0) is 54.6 Å². The van der Waals surface area contributed by atoms with Crippen molar-refractivity contribution < 1.29 is 32.3 Å². The smallest absolute Gasteiger partial charge is 0.416 e. The number of anilines is 2. The molecule has 0 saturated heterocycles. The zero-order valence-electron chi connectivity index (χ0n) is 17.7. The van der Waals surface area contributed by atoms with Crippen LogP contribution in [0.2, 0.25) is 10.0 Å². The van der Waals surface area contributed by atoms with E-state index in [4.69, 9.17) is 39.5 Å². The van der Waals surface area contributed by atoms with Crippen molar-refractivity contribution in [3.63, 3.8) is 0 Å². The largest absolute Gasteiger partial charge is 0.421 e. The van der Waals surface area contributed by atoms with Gasteiger partial charge in [-0.2, -0.15) is 13.2 Å².